The molecule has 0 aliphatic rings. The van der Waals surface area contributed by atoms with Gasteiger partial charge in [0.15, 0.2) is 12.4 Å². The van der Waals surface area contributed by atoms with Gasteiger partial charge in [-0.05, 0) is 49.2 Å². The highest BCUT2D eigenvalue weighted by Crippen LogP contribution is 2.12. The minimum absolute atomic E-state index is 0.0255. The minimum Gasteiger partial charge on any atom is -0.484 e. The summed E-state index contributed by atoms with van der Waals surface area (Å²) in [6.07, 6.45) is 0.422. The number of amides is 1. The van der Waals surface area contributed by atoms with E-state index in [9.17, 15) is 14.0 Å². The SMILES string of the molecule is CC(=O)c1ccc(OCC(=O)NCCc2ccccc2F)cc1. The third-order valence-electron chi connectivity index (χ3n) is 3.31. The van der Waals surface area contributed by atoms with Crippen molar-refractivity contribution < 1.29 is 18.7 Å². The first-order valence-corrected chi connectivity index (χ1v) is 7.30. The van der Waals surface area contributed by atoms with Gasteiger partial charge in [0.25, 0.3) is 5.91 Å². The molecule has 0 aromatic heterocycles. The number of ether oxygens (including phenoxy) is 1. The summed E-state index contributed by atoms with van der Waals surface area (Å²) in [6.45, 7) is 1.70. The highest BCUT2D eigenvalue weighted by molar-refractivity contribution is 5.94. The number of benzene rings is 2. The number of hydrogen-bond acceptors (Lipinski definition) is 3. The Morgan fingerprint density at radius 1 is 1.09 bits per heavy atom. The Balaban J connectivity index is 1.73. The normalized spacial score (nSPS) is 10.2. The maximum atomic E-state index is 13.4. The van der Waals surface area contributed by atoms with Crippen LogP contribution in [0.15, 0.2) is 48.5 Å². The summed E-state index contributed by atoms with van der Waals surface area (Å²) in [5, 5.41) is 2.67. The van der Waals surface area contributed by atoms with Crippen LogP contribution in [0.3, 0.4) is 0 Å². The molecule has 0 radical (unpaired) electrons. The van der Waals surface area contributed by atoms with E-state index in [1.54, 1.807) is 42.5 Å². The molecule has 120 valence electrons. The zero-order chi connectivity index (χ0) is 16.7. The predicted octanol–water partition coefficient (Wildman–Crippen LogP) is 2.77. The first-order chi connectivity index (χ1) is 11.1. The van der Waals surface area contributed by atoms with Crippen molar-refractivity contribution >= 4 is 11.7 Å². The average molecular weight is 315 g/mol. The van der Waals surface area contributed by atoms with Crippen LogP contribution in [0.1, 0.15) is 22.8 Å². The van der Waals surface area contributed by atoms with E-state index < -0.39 is 0 Å². The van der Waals surface area contributed by atoms with Crippen LogP contribution < -0.4 is 10.1 Å². The van der Waals surface area contributed by atoms with Gasteiger partial charge in [0.1, 0.15) is 11.6 Å². The van der Waals surface area contributed by atoms with E-state index in [2.05, 4.69) is 5.32 Å². The second kappa shape index (κ2) is 8.08. The summed E-state index contributed by atoms with van der Waals surface area (Å²) in [5.41, 5.74) is 1.15. The summed E-state index contributed by atoms with van der Waals surface area (Å²) in [5.74, 6) is -0.0674. The molecule has 0 unspecified atom stereocenters. The van der Waals surface area contributed by atoms with Crippen LogP contribution in [-0.4, -0.2) is 24.8 Å². The second-order valence-electron chi connectivity index (χ2n) is 5.06. The van der Waals surface area contributed by atoms with Crippen LogP contribution in [0.4, 0.5) is 4.39 Å². The van der Waals surface area contributed by atoms with E-state index >= 15 is 0 Å². The van der Waals surface area contributed by atoms with Crippen molar-refractivity contribution in [2.45, 2.75) is 13.3 Å². The molecule has 0 saturated carbocycles. The van der Waals surface area contributed by atoms with Crippen molar-refractivity contribution in [1.29, 1.82) is 0 Å². The Morgan fingerprint density at radius 3 is 2.43 bits per heavy atom. The van der Waals surface area contributed by atoms with Gasteiger partial charge < -0.3 is 10.1 Å². The van der Waals surface area contributed by atoms with Crippen molar-refractivity contribution in [3.05, 3.63) is 65.5 Å². The molecule has 0 fully saturated rings. The molecule has 2 aromatic rings. The molecule has 0 atom stereocenters. The van der Waals surface area contributed by atoms with Crippen molar-refractivity contribution in [2.24, 2.45) is 0 Å². The number of rotatable bonds is 7. The highest BCUT2D eigenvalue weighted by atomic mass is 19.1. The van der Waals surface area contributed by atoms with Crippen LogP contribution in [0, 0.1) is 5.82 Å². The molecule has 4 nitrogen and oxygen atoms in total. The summed E-state index contributed by atoms with van der Waals surface area (Å²) in [6, 6.07) is 13.0. The van der Waals surface area contributed by atoms with E-state index in [0.717, 1.165) is 0 Å². The van der Waals surface area contributed by atoms with Crippen molar-refractivity contribution in [2.75, 3.05) is 13.2 Å². The molecule has 0 bridgehead atoms. The van der Waals surface area contributed by atoms with E-state index in [1.165, 1.54) is 13.0 Å². The first-order valence-electron chi connectivity index (χ1n) is 7.30. The predicted molar refractivity (Wildman–Crippen MR) is 85.1 cm³/mol. The van der Waals surface area contributed by atoms with Gasteiger partial charge in [0.2, 0.25) is 0 Å². The average Bonchev–Trinajstić information content (AvgIpc) is 2.55. The third-order valence-corrected chi connectivity index (χ3v) is 3.31. The van der Waals surface area contributed by atoms with E-state index in [1.807, 2.05) is 0 Å². The molecule has 2 rings (SSSR count). The van der Waals surface area contributed by atoms with Gasteiger partial charge in [0, 0.05) is 12.1 Å². The number of nitrogens with one attached hydrogen (secondary N) is 1. The van der Waals surface area contributed by atoms with Crippen molar-refractivity contribution in [3.63, 3.8) is 0 Å². The summed E-state index contributed by atoms with van der Waals surface area (Å²) < 4.78 is 18.7. The fourth-order valence-corrected chi connectivity index (χ4v) is 2.02. The fraction of sp³-hybridized carbons (Fsp3) is 0.222. The van der Waals surface area contributed by atoms with Crippen LogP contribution in [-0.2, 0) is 11.2 Å². The molecule has 0 aliphatic carbocycles. The van der Waals surface area contributed by atoms with E-state index in [0.29, 0.717) is 29.8 Å². The molecular formula is C18H18FNO3. The van der Waals surface area contributed by atoms with Crippen LogP contribution in [0.2, 0.25) is 0 Å². The van der Waals surface area contributed by atoms with Crippen LogP contribution >= 0.6 is 0 Å². The van der Waals surface area contributed by atoms with Crippen LogP contribution in [0.5, 0.6) is 5.75 Å². The maximum absolute atomic E-state index is 13.4. The summed E-state index contributed by atoms with van der Waals surface area (Å²) >= 11 is 0. The molecule has 0 spiro atoms. The number of halogens is 1. The Bertz CT molecular complexity index is 683. The molecule has 0 saturated heterocycles. The summed E-state index contributed by atoms with van der Waals surface area (Å²) in [7, 11) is 0. The van der Waals surface area contributed by atoms with Gasteiger partial charge in [0.05, 0.1) is 0 Å². The fourth-order valence-electron chi connectivity index (χ4n) is 2.02. The maximum Gasteiger partial charge on any atom is 0.257 e. The third kappa shape index (κ3) is 5.21. The van der Waals surface area contributed by atoms with Gasteiger partial charge in [-0.3, -0.25) is 9.59 Å². The molecule has 0 aliphatic heterocycles. The summed E-state index contributed by atoms with van der Waals surface area (Å²) in [4.78, 5) is 22.8. The lowest BCUT2D eigenvalue weighted by Crippen LogP contribution is -2.30. The van der Waals surface area contributed by atoms with Crippen LogP contribution in [0.25, 0.3) is 0 Å². The Morgan fingerprint density at radius 2 is 1.78 bits per heavy atom. The van der Waals surface area contributed by atoms with Gasteiger partial charge in [-0.2, -0.15) is 0 Å². The molecule has 1 amide bonds. The monoisotopic (exact) mass is 315 g/mol. The zero-order valence-corrected chi connectivity index (χ0v) is 12.8. The lowest BCUT2D eigenvalue weighted by atomic mass is 10.1. The molecular weight excluding hydrogens is 297 g/mol. The lowest BCUT2D eigenvalue weighted by Gasteiger charge is -2.08. The Kier molecular flexibility index (Phi) is 5.86. The Hall–Kier alpha value is -2.69. The topological polar surface area (TPSA) is 55.4 Å². The molecule has 0 heterocycles. The van der Waals surface area contributed by atoms with E-state index in [4.69, 9.17) is 4.74 Å². The largest absolute Gasteiger partial charge is 0.484 e. The number of Topliss-reactive ketones (excluding diaryl/α,β-unsaturated/α-hetero) is 1. The lowest BCUT2D eigenvalue weighted by molar-refractivity contribution is -0.123. The van der Waals surface area contributed by atoms with Gasteiger partial charge >= 0.3 is 0 Å². The quantitative estimate of drug-likeness (QED) is 0.799. The van der Waals surface area contributed by atoms with Gasteiger partial charge in [-0.15, -0.1) is 0 Å². The number of carbonyl (C=O) groups excluding carboxylic acids is 2. The number of ketones is 1. The Labute approximate surface area is 134 Å². The standard InChI is InChI=1S/C18H18FNO3/c1-13(21)14-6-8-16(9-7-14)23-12-18(22)20-11-10-15-4-2-3-5-17(15)19/h2-9H,10-12H2,1H3,(H,20,22). The van der Waals surface area contributed by atoms with E-state index in [-0.39, 0.29) is 24.1 Å². The van der Waals surface area contributed by atoms with Gasteiger partial charge in [-0.25, -0.2) is 4.39 Å². The number of hydrogen-bond donors (Lipinski definition) is 1. The molecule has 5 heteroatoms. The minimum atomic E-state index is -0.281. The molecule has 1 N–H and O–H groups in total. The van der Waals surface area contributed by atoms with Gasteiger partial charge in [-0.1, -0.05) is 18.2 Å². The second-order valence-corrected chi connectivity index (χ2v) is 5.06. The molecule has 2 aromatic carbocycles. The molecule has 23 heavy (non-hydrogen) atoms. The zero-order valence-electron chi connectivity index (χ0n) is 12.8. The smallest absolute Gasteiger partial charge is 0.257 e. The highest BCUT2D eigenvalue weighted by Gasteiger charge is 2.05. The van der Waals surface area contributed by atoms with Crippen molar-refractivity contribution in [1.82, 2.24) is 5.32 Å². The first kappa shape index (κ1) is 16.7. The van der Waals surface area contributed by atoms with Crippen molar-refractivity contribution in [3.8, 4) is 5.75 Å². The number of carbonyl (C=O) groups is 2.